The molecule has 1 fully saturated rings. The van der Waals surface area contributed by atoms with Gasteiger partial charge in [0, 0.05) is 11.3 Å². The first kappa shape index (κ1) is 7.73. The minimum absolute atomic E-state index is 0.125. The third-order valence-electron chi connectivity index (χ3n) is 1.82. The van der Waals surface area contributed by atoms with Gasteiger partial charge in [-0.1, -0.05) is 0 Å². The summed E-state index contributed by atoms with van der Waals surface area (Å²) >= 11 is 1.55. The number of nitrogens with zero attached hydrogens (tertiary/aromatic N) is 1. The third-order valence-corrected chi connectivity index (χ3v) is 2.59. The number of hydrogen-bond donors (Lipinski definition) is 1. The molecule has 2 rings (SSSR count). The fourth-order valence-electron chi connectivity index (χ4n) is 0.995. The van der Waals surface area contributed by atoms with Gasteiger partial charge in [0.1, 0.15) is 5.82 Å². The Labute approximate surface area is 74.8 Å². The zero-order chi connectivity index (χ0) is 8.55. The molecule has 1 aliphatic carbocycles. The number of thiazole rings is 1. The molecule has 0 radical (unpaired) electrons. The molecule has 0 saturated heterocycles. The maximum atomic E-state index is 11.2. The Hall–Kier alpha value is -0.900. The van der Waals surface area contributed by atoms with E-state index in [0.29, 0.717) is 5.82 Å². The van der Waals surface area contributed by atoms with E-state index < -0.39 is 0 Å². The molecule has 1 aromatic rings. The molecule has 1 amide bonds. The van der Waals surface area contributed by atoms with Crippen LogP contribution in [0.25, 0.3) is 0 Å². The predicted octanol–water partition coefficient (Wildman–Crippen LogP) is 1.80. The Bertz CT molecular complexity index is 304. The van der Waals surface area contributed by atoms with E-state index in [9.17, 15) is 4.79 Å². The molecule has 64 valence electrons. The summed E-state index contributed by atoms with van der Waals surface area (Å²) in [5.41, 5.74) is 0. The average Bonchev–Trinajstić information content (AvgIpc) is 2.78. The van der Waals surface area contributed by atoms with E-state index in [2.05, 4.69) is 10.3 Å². The van der Waals surface area contributed by atoms with Gasteiger partial charge in [-0.15, -0.1) is 11.3 Å². The maximum absolute atomic E-state index is 11.2. The topological polar surface area (TPSA) is 42.0 Å². The van der Waals surface area contributed by atoms with Gasteiger partial charge in [0.25, 0.3) is 0 Å². The first-order valence-electron chi connectivity index (χ1n) is 3.99. The second kappa shape index (κ2) is 2.86. The Morgan fingerprint density at radius 2 is 2.50 bits per heavy atom. The summed E-state index contributed by atoms with van der Waals surface area (Å²) in [7, 11) is 0. The van der Waals surface area contributed by atoms with Gasteiger partial charge in [0.2, 0.25) is 5.91 Å². The number of rotatable bonds is 2. The standard InChI is InChI=1S/C8H10N2OS/c1-5-9-7(4-12-5)10-8(11)6-2-3-6/h4,6H,2-3H2,1H3,(H,10,11). The highest BCUT2D eigenvalue weighted by Crippen LogP contribution is 2.30. The Balaban J connectivity index is 1.98. The van der Waals surface area contributed by atoms with Crippen LogP contribution in [-0.2, 0) is 4.79 Å². The van der Waals surface area contributed by atoms with Crippen molar-refractivity contribution in [3.05, 3.63) is 10.4 Å². The number of carbonyl (C=O) groups excluding carboxylic acids is 1. The third kappa shape index (κ3) is 1.64. The minimum Gasteiger partial charge on any atom is -0.310 e. The largest absolute Gasteiger partial charge is 0.310 e. The van der Waals surface area contributed by atoms with Gasteiger partial charge in [0.05, 0.1) is 5.01 Å². The van der Waals surface area contributed by atoms with Crippen molar-refractivity contribution in [2.45, 2.75) is 19.8 Å². The monoisotopic (exact) mass is 182 g/mol. The lowest BCUT2D eigenvalue weighted by atomic mass is 10.4. The molecule has 0 atom stereocenters. The first-order valence-corrected chi connectivity index (χ1v) is 4.86. The van der Waals surface area contributed by atoms with Gasteiger partial charge >= 0.3 is 0 Å². The highest BCUT2D eigenvalue weighted by molar-refractivity contribution is 7.09. The number of aryl methyl sites for hydroxylation is 1. The molecule has 1 aliphatic rings. The van der Waals surface area contributed by atoms with E-state index in [-0.39, 0.29) is 11.8 Å². The van der Waals surface area contributed by atoms with Gasteiger partial charge in [-0.05, 0) is 19.8 Å². The fourth-order valence-corrected chi connectivity index (χ4v) is 1.54. The number of carbonyl (C=O) groups is 1. The average molecular weight is 182 g/mol. The maximum Gasteiger partial charge on any atom is 0.228 e. The lowest BCUT2D eigenvalue weighted by Gasteiger charge is -1.97. The van der Waals surface area contributed by atoms with E-state index in [0.717, 1.165) is 17.8 Å². The zero-order valence-corrected chi connectivity index (χ0v) is 7.65. The number of amides is 1. The van der Waals surface area contributed by atoms with Crippen molar-refractivity contribution in [1.82, 2.24) is 4.98 Å². The van der Waals surface area contributed by atoms with Crippen molar-refractivity contribution >= 4 is 23.1 Å². The number of hydrogen-bond acceptors (Lipinski definition) is 3. The van der Waals surface area contributed by atoms with Crippen LogP contribution in [0.5, 0.6) is 0 Å². The van der Waals surface area contributed by atoms with E-state index in [1.807, 2.05) is 12.3 Å². The van der Waals surface area contributed by atoms with Crippen molar-refractivity contribution in [2.75, 3.05) is 5.32 Å². The summed E-state index contributed by atoms with van der Waals surface area (Å²) < 4.78 is 0. The Kier molecular flexibility index (Phi) is 1.84. The summed E-state index contributed by atoms with van der Waals surface area (Å²) in [5.74, 6) is 1.08. The molecular weight excluding hydrogens is 172 g/mol. The molecule has 12 heavy (non-hydrogen) atoms. The molecule has 1 heterocycles. The highest BCUT2D eigenvalue weighted by Gasteiger charge is 2.29. The predicted molar refractivity (Wildman–Crippen MR) is 48.2 cm³/mol. The van der Waals surface area contributed by atoms with E-state index >= 15 is 0 Å². The van der Waals surface area contributed by atoms with Crippen molar-refractivity contribution < 1.29 is 4.79 Å². The van der Waals surface area contributed by atoms with Gasteiger partial charge < -0.3 is 5.32 Å². The molecular formula is C8H10N2OS. The van der Waals surface area contributed by atoms with Crippen LogP contribution >= 0.6 is 11.3 Å². The van der Waals surface area contributed by atoms with E-state index in [4.69, 9.17) is 0 Å². The van der Waals surface area contributed by atoms with Crippen LogP contribution in [-0.4, -0.2) is 10.9 Å². The lowest BCUT2D eigenvalue weighted by Crippen LogP contribution is -2.13. The van der Waals surface area contributed by atoms with Gasteiger partial charge in [-0.25, -0.2) is 4.98 Å². The fraction of sp³-hybridized carbons (Fsp3) is 0.500. The molecule has 1 aromatic heterocycles. The van der Waals surface area contributed by atoms with Crippen LogP contribution in [0.3, 0.4) is 0 Å². The first-order chi connectivity index (χ1) is 5.75. The van der Waals surface area contributed by atoms with Gasteiger partial charge in [-0.3, -0.25) is 4.79 Å². The van der Waals surface area contributed by atoms with Crippen LogP contribution in [0, 0.1) is 12.8 Å². The molecule has 0 unspecified atom stereocenters. The summed E-state index contributed by atoms with van der Waals surface area (Å²) in [6, 6.07) is 0. The molecule has 4 heteroatoms. The number of anilines is 1. The van der Waals surface area contributed by atoms with Gasteiger partial charge in [0.15, 0.2) is 0 Å². The zero-order valence-electron chi connectivity index (χ0n) is 6.83. The summed E-state index contributed by atoms with van der Waals surface area (Å²) in [5, 5.41) is 5.64. The van der Waals surface area contributed by atoms with Crippen LogP contribution in [0.2, 0.25) is 0 Å². The highest BCUT2D eigenvalue weighted by atomic mass is 32.1. The van der Waals surface area contributed by atoms with Crippen LogP contribution < -0.4 is 5.32 Å². The summed E-state index contributed by atoms with van der Waals surface area (Å²) in [6.07, 6.45) is 2.07. The normalized spacial score (nSPS) is 16.1. The van der Waals surface area contributed by atoms with Crippen molar-refractivity contribution in [3.63, 3.8) is 0 Å². The Morgan fingerprint density at radius 1 is 1.75 bits per heavy atom. The SMILES string of the molecule is Cc1nc(NC(=O)C2CC2)cs1. The number of nitrogens with one attached hydrogen (secondary N) is 1. The second-order valence-electron chi connectivity index (χ2n) is 3.02. The quantitative estimate of drug-likeness (QED) is 0.757. The molecule has 0 aliphatic heterocycles. The van der Waals surface area contributed by atoms with Gasteiger partial charge in [-0.2, -0.15) is 0 Å². The van der Waals surface area contributed by atoms with E-state index in [1.54, 1.807) is 11.3 Å². The smallest absolute Gasteiger partial charge is 0.228 e. The van der Waals surface area contributed by atoms with Crippen LogP contribution in [0.15, 0.2) is 5.38 Å². The molecule has 0 bridgehead atoms. The number of aromatic nitrogens is 1. The molecule has 3 nitrogen and oxygen atoms in total. The molecule has 0 aromatic carbocycles. The summed E-state index contributed by atoms with van der Waals surface area (Å²) in [4.78, 5) is 15.4. The van der Waals surface area contributed by atoms with Crippen LogP contribution in [0.1, 0.15) is 17.8 Å². The Morgan fingerprint density at radius 3 is 3.00 bits per heavy atom. The molecule has 1 N–H and O–H groups in total. The van der Waals surface area contributed by atoms with E-state index in [1.165, 1.54) is 0 Å². The van der Waals surface area contributed by atoms with Crippen molar-refractivity contribution in [2.24, 2.45) is 5.92 Å². The summed E-state index contributed by atoms with van der Waals surface area (Å²) in [6.45, 7) is 1.93. The second-order valence-corrected chi connectivity index (χ2v) is 4.08. The van der Waals surface area contributed by atoms with Crippen molar-refractivity contribution in [1.29, 1.82) is 0 Å². The molecule has 0 spiro atoms. The van der Waals surface area contributed by atoms with Crippen molar-refractivity contribution in [3.8, 4) is 0 Å². The minimum atomic E-state index is 0.125. The molecule has 1 saturated carbocycles. The van der Waals surface area contributed by atoms with Crippen LogP contribution in [0.4, 0.5) is 5.82 Å². The lowest BCUT2D eigenvalue weighted by molar-refractivity contribution is -0.117.